The number of amides is 1. The summed E-state index contributed by atoms with van der Waals surface area (Å²) < 4.78 is 18.2. The van der Waals surface area contributed by atoms with Gasteiger partial charge >= 0.3 is 12.1 Å². The van der Waals surface area contributed by atoms with E-state index in [1.165, 1.54) is 0 Å². The number of aliphatic carboxylic acids is 1. The topological polar surface area (TPSA) is 163 Å². The van der Waals surface area contributed by atoms with E-state index in [4.69, 9.17) is 19.3 Å². The molecular formula is C29H35N7O6. The molecule has 13 nitrogen and oxygen atoms in total. The van der Waals surface area contributed by atoms with Gasteiger partial charge in [-0.3, -0.25) is 4.79 Å². The maximum absolute atomic E-state index is 11.7. The van der Waals surface area contributed by atoms with Crippen LogP contribution in [0, 0.1) is 0 Å². The molecule has 2 heterocycles. The highest BCUT2D eigenvalue weighted by atomic mass is 16.6. The summed E-state index contributed by atoms with van der Waals surface area (Å²) in [6.45, 7) is 6.86. The summed E-state index contributed by atoms with van der Waals surface area (Å²) in [5.74, 6) is 0.904. The molecule has 42 heavy (non-hydrogen) atoms. The number of benzene rings is 2. The predicted octanol–water partition coefficient (Wildman–Crippen LogP) is 4.88. The molecule has 0 bridgehead atoms. The molecule has 2 aromatic heterocycles. The number of ether oxygens (including phenoxy) is 3. The summed E-state index contributed by atoms with van der Waals surface area (Å²) in [7, 11) is 0. The average Bonchev–Trinajstić information content (AvgIpc) is 3.36. The third-order valence-corrected chi connectivity index (χ3v) is 5.70. The normalized spacial score (nSPS) is 11.2. The molecule has 0 aliphatic heterocycles. The van der Waals surface area contributed by atoms with Crippen LogP contribution in [0.25, 0.3) is 16.9 Å². The highest BCUT2D eigenvalue weighted by Gasteiger charge is 2.15. The van der Waals surface area contributed by atoms with Crippen molar-refractivity contribution in [3.05, 3.63) is 54.7 Å². The average molecular weight is 578 g/mol. The van der Waals surface area contributed by atoms with Gasteiger partial charge in [0.2, 0.25) is 5.95 Å². The number of carboxylic acids is 1. The second-order valence-electron chi connectivity index (χ2n) is 10.4. The number of fused-ring (bicyclic) bond motifs is 1. The van der Waals surface area contributed by atoms with Gasteiger partial charge in [-0.25, -0.2) is 9.78 Å². The molecule has 0 atom stereocenters. The van der Waals surface area contributed by atoms with Gasteiger partial charge in [-0.1, -0.05) is 5.21 Å². The number of nitrogens with zero attached hydrogens (tertiary/aromatic N) is 5. The number of hydrogen-bond donors (Lipinski definition) is 3. The first kappa shape index (κ1) is 30.0. The standard InChI is InChI=1S/C29H35N7O6/c1-29(2,3)42-28(39)30-16-4-5-17-40-22-12-8-20(9-13-22)32-27-31-19-24-26(33-27)36(35-34-24)21-10-14-23(15-11-21)41-18-6-7-25(37)38/h8-15,19H,4-7,16-18H2,1-3H3,(H,30,39)(H,37,38)(H,31,32,33). The number of anilines is 2. The van der Waals surface area contributed by atoms with Gasteiger partial charge in [-0.05, 0) is 88.6 Å². The van der Waals surface area contributed by atoms with E-state index in [-0.39, 0.29) is 6.42 Å². The fourth-order valence-corrected chi connectivity index (χ4v) is 3.74. The van der Waals surface area contributed by atoms with Gasteiger partial charge in [0.15, 0.2) is 11.2 Å². The van der Waals surface area contributed by atoms with Crippen molar-refractivity contribution in [2.45, 2.75) is 52.1 Å². The maximum Gasteiger partial charge on any atom is 0.407 e. The summed E-state index contributed by atoms with van der Waals surface area (Å²) in [6.07, 6.45) is 3.25. The maximum atomic E-state index is 11.7. The fourth-order valence-electron chi connectivity index (χ4n) is 3.74. The fraction of sp³-hybridized carbons (Fsp3) is 0.379. The van der Waals surface area contributed by atoms with Gasteiger partial charge in [0.05, 0.1) is 25.1 Å². The van der Waals surface area contributed by atoms with E-state index in [1.54, 1.807) is 23.0 Å². The third-order valence-electron chi connectivity index (χ3n) is 5.70. The van der Waals surface area contributed by atoms with Gasteiger partial charge in [0.1, 0.15) is 17.1 Å². The monoisotopic (exact) mass is 577 g/mol. The molecule has 13 heteroatoms. The number of carboxylic acid groups (broad SMARTS) is 1. The van der Waals surface area contributed by atoms with Gasteiger partial charge < -0.3 is 30.0 Å². The van der Waals surface area contributed by atoms with E-state index in [1.807, 2.05) is 57.2 Å². The molecule has 0 spiro atoms. The van der Waals surface area contributed by atoms with Crippen molar-refractivity contribution in [1.29, 1.82) is 0 Å². The van der Waals surface area contributed by atoms with E-state index in [0.717, 1.165) is 30.0 Å². The largest absolute Gasteiger partial charge is 0.494 e. The summed E-state index contributed by atoms with van der Waals surface area (Å²) in [5, 5.41) is 23.0. The molecule has 0 saturated carbocycles. The molecule has 0 saturated heterocycles. The van der Waals surface area contributed by atoms with Crippen molar-refractivity contribution >= 4 is 34.9 Å². The summed E-state index contributed by atoms with van der Waals surface area (Å²) in [4.78, 5) is 31.2. The zero-order valence-electron chi connectivity index (χ0n) is 23.9. The van der Waals surface area contributed by atoms with Crippen LogP contribution in [0.2, 0.25) is 0 Å². The number of hydrogen-bond acceptors (Lipinski definition) is 10. The lowest BCUT2D eigenvalue weighted by Crippen LogP contribution is -2.33. The Morgan fingerprint density at radius 1 is 0.929 bits per heavy atom. The minimum atomic E-state index is -0.844. The predicted molar refractivity (Wildman–Crippen MR) is 156 cm³/mol. The Morgan fingerprint density at radius 2 is 1.60 bits per heavy atom. The van der Waals surface area contributed by atoms with Gasteiger partial charge in [-0.2, -0.15) is 9.67 Å². The SMILES string of the molecule is CC(C)(C)OC(=O)NCCCCOc1ccc(Nc2ncc3nnn(-c4ccc(OCCCC(=O)O)cc4)c3n2)cc1. The van der Waals surface area contributed by atoms with Gasteiger partial charge in [-0.15, -0.1) is 5.10 Å². The highest BCUT2D eigenvalue weighted by Crippen LogP contribution is 2.22. The zero-order valence-corrected chi connectivity index (χ0v) is 23.9. The van der Waals surface area contributed by atoms with E-state index in [2.05, 4.69) is 30.9 Å². The summed E-state index contributed by atoms with van der Waals surface area (Å²) in [6, 6.07) is 14.7. The Kier molecular flexibility index (Phi) is 10.1. The van der Waals surface area contributed by atoms with Crippen LogP contribution in [0.1, 0.15) is 46.5 Å². The third kappa shape index (κ3) is 9.32. The van der Waals surface area contributed by atoms with Crippen molar-refractivity contribution < 1.29 is 28.9 Å². The van der Waals surface area contributed by atoms with Crippen molar-refractivity contribution in [2.24, 2.45) is 0 Å². The second-order valence-corrected chi connectivity index (χ2v) is 10.4. The molecule has 0 fully saturated rings. The van der Waals surface area contributed by atoms with E-state index < -0.39 is 17.7 Å². The minimum Gasteiger partial charge on any atom is -0.494 e. The van der Waals surface area contributed by atoms with E-state index in [0.29, 0.717) is 49.0 Å². The van der Waals surface area contributed by atoms with Crippen LogP contribution in [0.15, 0.2) is 54.7 Å². The van der Waals surface area contributed by atoms with Gasteiger partial charge in [0.25, 0.3) is 0 Å². The smallest absolute Gasteiger partial charge is 0.407 e. The number of nitrogens with one attached hydrogen (secondary N) is 2. The molecule has 0 aliphatic rings. The highest BCUT2D eigenvalue weighted by molar-refractivity contribution is 5.73. The van der Waals surface area contributed by atoms with Crippen LogP contribution in [0.5, 0.6) is 11.5 Å². The Balaban J connectivity index is 1.26. The molecule has 0 aliphatic carbocycles. The van der Waals surface area contributed by atoms with Crippen molar-refractivity contribution in [2.75, 3.05) is 25.1 Å². The Hall–Kier alpha value is -4.94. The van der Waals surface area contributed by atoms with Crippen molar-refractivity contribution in [1.82, 2.24) is 30.3 Å². The lowest BCUT2D eigenvalue weighted by atomic mass is 10.2. The molecule has 3 N–H and O–H groups in total. The second kappa shape index (κ2) is 14.1. The first-order valence-electron chi connectivity index (χ1n) is 13.7. The number of carbonyl (C=O) groups is 2. The molecule has 0 radical (unpaired) electrons. The van der Waals surface area contributed by atoms with Crippen LogP contribution < -0.4 is 20.1 Å². The quantitative estimate of drug-likeness (QED) is 0.175. The first-order chi connectivity index (χ1) is 20.2. The molecule has 0 unspecified atom stereocenters. The number of aromatic nitrogens is 5. The zero-order chi connectivity index (χ0) is 30.0. The number of unbranched alkanes of at least 4 members (excludes halogenated alkanes) is 1. The van der Waals surface area contributed by atoms with Crippen LogP contribution in [0.4, 0.5) is 16.4 Å². The lowest BCUT2D eigenvalue weighted by Gasteiger charge is -2.19. The van der Waals surface area contributed by atoms with Crippen LogP contribution in [-0.4, -0.2) is 67.5 Å². The van der Waals surface area contributed by atoms with Gasteiger partial charge in [0, 0.05) is 18.7 Å². The molecule has 4 rings (SSSR count). The Bertz CT molecular complexity index is 1470. The van der Waals surface area contributed by atoms with E-state index >= 15 is 0 Å². The molecule has 1 amide bonds. The molecule has 4 aromatic rings. The van der Waals surface area contributed by atoms with Crippen LogP contribution in [0.3, 0.4) is 0 Å². The summed E-state index contributed by atoms with van der Waals surface area (Å²) in [5.41, 5.74) is 2.08. The number of rotatable bonds is 14. The molecular weight excluding hydrogens is 542 g/mol. The Morgan fingerprint density at radius 3 is 2.26 bits per heavy atom. The molecule has 2 aromatic carbocycles. The van der Waals surface area contributed by atoms with Crippen LogP contribution in [-0.2, 0) is 9.53 Å². The van der Waals surface area contributed by atoms with E-state index in [9.17, 15) is 9.59 Å². The Labute approximate surface area is 243 Å². The number of carbonyl (C=O) groups excluding carboxylic acids is 1. The van der Waals surface area contributed by atoms with Crippen molar-refractivity contribution in [3.8, 4) is 17.2 Å². The summed E-state index contributed by atoms with van der Waals surface area (Å²) >= 11 is 0. The first-order valence-corrected chi connectivity index (χ1v) is 13.7. The minimum absolute atomic E-state index is 0.0645. The van der Waals surface area contributed by atoms with Crippen LogP contribution >= 0.6 is 0 Å². The molecule has 222 valence electrons. The number of alkyl carbamates (subject to hydrolysis) is 1. The van der Waals surface area contributed by atoms with Crippen molar-refractivity contribution in [3.63, 3.8) is 0 Å². The lowest BCUT2D eigenvalue weighted by molar-refractivity contribution is -0.137.